The summed E-state index contributed by atoms with van der Waals surface area (Å²) in [6, 6.07) is 0. The van der Waals surface area contributed by atoms with E-state index >= 15 is 0 Å². The summed E-state index contributed by atoms with van der Waals surface area (Å²) in [4.78, 5) is 11.4. The average molecular weight is 312 g/mol. The first-order chi connectivity index (χ1) is 8.61. The van der Waals surface area contributed by atoms with Crippen molar-refractivity contribution in [1.82, 2.24) is 5.32 Å². The zero-order valence-electron chi connectivity index (χ0n) is 9.98. The van der Waals surface area contributed by atoms with Crippen LogP contribution in [0.5, 0.6) is 0 Å². The number of rotatable bonds is 1. The van der Waals surface area contributed by atoms with Crippen LogP contribution >= 0.6 is 15.9 Å². The minimum Gasteiger partial charge on any atom is -0.350 e. The highest BCUT2D eigenvalue weighted by Crippen LogP contribution is 3.01. The second kappa shape index (κ2) is 2.21. The highest BCUT2D eigenvalue weighted by atomic mass is 79.9. The lowest BCUT2D eigenvalue weighted by Gasteiger charge is -2.91. The van der Waals surface area contributed by atoms with Crippen LogP contribution in [-0.2, 0) is 14.3 Å². The van der Waals surface area contributed by atoms with Crippen molar-refractivity contribution in [1.29, 1.82) is 0 Å². The number of alkyl halides is 1. The van der Waals surface area contributed by atoms with Gasteiger partial charge in [-0.1, -0.05) is 15.9 Å². The Bertz CT molecular complexity index is 508. The summed E-state index contributed by atoms with van der Waals surface area (Å²) < 4.78 is 12.2. The highest BCUT2D eigenvalue weighted by Gasteiger charge is 3.09. The number of amides is 1. The molecule has 6 aliphatic carbocycles. The van der Waals surface area contributed by atoms with Crippen molar-refractivity contribution in [2.24, 2.45) is 35.5 Å². The molecule has 1 aliphatic heterocycles. The van der Waals surface area contributed by atoms with E-state index in [1.54, 1.807) is 6.92 Å². The van der Waals surface area contributed by atoms with Gasteiger partial charge in [-0.25, -0.2) is 0 Å². The molecular weight excluding hydrogens is 298 g/mol. The molecule has 0 aromatic rings. The molecule has 0 unspecified atom stereocenters. The summed E-state index contributed by atoms with van der Waals surface area (Å²) in [6.07, 6.45) is 0. The fourth-order valence-electron chi connectivity index (χ4n) is 7.17. The molecule has 7 fully saturated rings. The zero-order valence-corrected chi connectivity index (χ0v) is 11.6. The summed E-state index contributed by atoms with van der Waals surface area (Å²) >= 11 is 4.00. The standard InChI is InChI=1S/C13H14BrNO3/c1-4(16)15-11-5-8-6(11)10-7(11)9(5)12(8,14)13(10)17-2-3-18-13/h5-10H,2-3H2,1H3,(H,15,16)/t5?,6-,7-,8-,9-,10?,11?,12?/m0/s1. The van der Waals surface area contributed by atoms with Gasteiger partial charge in [0.05, 0.1) is 23.1 Å². The molecule has 4 atom stereocenters. The molecule has 1 saturated heterocycles. The van der Waals surface area contributed by atoms with Crippen LogP contribution in [0.2, 0.25) is 0 Å². The van der Waals surface area contributed by atoms with E-state index in [-0.39, 0.29) is 21.6 Å². The van der Waals surface area contributed by atoms with Crippen molar-refractivity contribution in [3.63, 3.8) is 0 Å². The summed E-state index contributed by atoms with van der Waals surface area (Å²) in [5.74, 6) is 3.51. The lowest BCUT2D eigenvalue weighted by atomic mass is 9.16. The zero-order chi connectivity index (χ0) is 12.1. The smallest absolute Gasteiger partial charge is 0.217 e. The summed E-state index contributed by atoms with van der Waals surface area (Å²) in [5.41, 5.74) is 0.141. The molecule has 7 rings (SSSR count). The maximum Gasteiger partial charge on any atom is 0.217 e. The molecule has 4 nitrogen and oxygen atoms in total. The van der Waals surface area contributed by atoms with E-state index in [0.29, 0.717) is 35.5 Å². The van der Waals surface area contributed by atoms with Gasteiger partial charge in [-0.2, -0.15) is 0 Å². The molecule has 7 aliphatic rings. The van der Waals surface area contributed by atoms with E-state index in [4.69, 9.17) is 9.47 Å². The minimum absolute atomic E-state index is 0.0708. The second-order valence-corrected chi connectivity index (χ2v) is 8.21. The Morgan fingerprint density at radius 3 is 2.22 bits per heavy atom. The Morgan fingerprint density at radius 1 is 1.11 bits per heavy atom. The number of carbonyl (C=O) groups is 1. The lowest BCUT2D eigenvalue weighted by Crippen LogP contribution is -2.99. The third-order valence-electron chi connectivity index (χ3n) is 7.03. The van der Waals surface area contributed by atoms with Gasteiger partial charge in [0.1, 0.15) is 0 Å². The minimum atomic E-state index is -0.355. The van der Waals surface area contributed by atoms with Crippen LogP contribution in [0.15, 0.2) is 0 Å². The van der Waals surface area contributed by atoms with Crippen LogP contribution in [0.3, 0.4) is 0 Å². The van der Waals surface area contributed by atoms with Gasteiger partial charge in [0, 0.05) is 12.8 Å². The first-order valence-electron chi connectivity index (χ1n) is 6.86. The molecule has 2 bridgehead atoms. The SMILES string of the molecule is CC(=O)NC12C3[C@H]4[C@H]1C1[C@@H]2[C@H]3C4(Br)C12OCCO2. The third-order valence-corrected chi connectivity index (χ3v) is 8.64. The van der Waals surface area contributed by atoms with Gasteiger partial charge in [0.25, 0.3) is 0 Å². The van der Waals surface area contributed by atoms with E-state index in [2.05, 4.69) is 21.2 Å². The molecule has 96 valence electrons. The molecular formula is C13H14BrNO3. The monoisotopic (exact) mass is 311 g/mol. The average Bonchev–Trinajstić information content (AvgIpc) is 2.86. The second-order valence-electron chi connectivity index (χ2n) is 6.90. The van der Waals surface area contributed by atoms with Gasteiger partial charge in [-0.15, -0.1) is 0 Å². The van der Waals surface area contributed by atoms with E-state index in [1.807, 2.05) is 0 Å². The fourth-order valence-corrected chi connectivity index (χ4v) is 8.80. The molecule has 1 spiro atoms. The van der Waals surface area contributed by atoms with Gasteiger partial charge >= 0.3 is 0 Å². The van der Waals surface area contributed by atoms with Crippen LogP contribution in [0.4, 0.5) is 0 Å². The number of carbonyl (C=O) groups excluding carboxylic acids is 1. The van der Waals surface area contributed by atoms with Gasteiger partial charge in [0.2, 0.25) is 5.91 Å². The summed E-state index contributed by atoms with van der Waals surface area (Å²) in [6.45, 7) is 3.08. The maximum atomic E-state index is 11.4. The molecule has 5 heteroatoms. The first kappa shape index (κ1) is 9.72. The number of hydrogen-bond acceptors (Lipinski definition) is 3. The Balaban J connectivity index is 1.49. The maximum absolute atomic E-state index is 11.4. The largest absolute Gasteiger partial charge is 0.350 e. The molecule has 6 saturated carbocycles. The Morgan fingerprint density at radius 2 is 1.67 bits per heavy atom. The summed E-state index contributed by atoms with van der Waals surface area (Å²) in [5, 5.41) is 3.26. The molecule has 1 heterocycles. The van der Waals surface area contributed by atoms with Crippen molar-refractivity contribution in [2.75, 3.05) is 13.2 Å². The predicted octanol–water partition coefficient (Wildman–Crippen LogP) is 0.503. The number of ether oxygens (including phenoxy) is 2. The van der Waals surface area contributed by atoms with Crippen molar-refractivity contribution in [2.45, 2.75) is 22.6 Å². The van der Waals surface area contributed by atoms with Crippen LogP contribution in [0, 0.1) is 35.5 Å². The topological polar surface area (TPSA) is 47.6 Å². The summed E-state index contributed by atoms with van der Waals surface area (Å²) in [7, 11) is 0. The van der Waals surface area contributed by atoms with Crippen molar-refractivity contribution in [3.05, 3.63) is 0 Å². The molecule has 0 radical (unpaired) electrons. The Hall–Kier alpha value is -0.130. The van der Waals surface area contributed by atoms with E-state index < -0.39 is 0 Å². The molecule has 18 heavy (non-hydrogen) atoms. The predicted molar refractivity (Wildman–Crippen MR) is 63.8 cm³/mol. The van der Waals surface area contributed by atoms with E-state index in [1.165, 1.54) is 0 Å². The van der Waals surface area contributed by atoms with Crippen molar-refractivity contribution < 1.29 is 14.3 Å². The van der Waals surface area contributed by atoms with Crippen LogP contribution in [0.1, 0.15) is 6.92 Å². The van der Waals surface area contributed by atoms with Crippen LogP contribution in [-0.4, -0.2) is 34.8 Å². The van der Waals surface area contributed by atoms with Crippen molar-refractivity contribution in [3.8, 4) is 0 Å². The van der Waals surface area contributed by atoms with E-state index in [0.717, 1.165) is 13.2 Å². The molecule has 1 N–H and O–H groups in total. The Labute approximate surface area is 113 Å². The quantitative estimate of drug-likeness (QED) is 0.718. The molecule has 0 aromatic heterocycles. The van der Waals surface area contributed by atoms with E-state index in [9.17, 15) is 4.79 Å². The number of hydrogen-bond donors (Lipinski definition) is 1. The lowest BCUT2D eigenvalue weighted by molar-refractivity contribution is -0.391. The van der Waals surface area contributed by atoms with Gasteiger partial charge in [-0.3, -0.25) is 4.79 Å². The van der Waals surface area contributed by atoms with Gasteiger partial charge < -0.3 is 14.8 Å². The first-order valence-corrected chi connectivity index (χ1v) is 7.65. The number of nitrogens with one attached hydrogen (secondary N) is 1. The Kier molecular flexibility index (Phi) is 1.19. The van der Waals surface area contributed by atoms with Gasteiger partial charge in [-0.05, 0) is 29.6 Å². The normalized spacial score (nSPS) is 69.9. The van der Waals surface area contributed by atoms with Gasteiger partial charge in [0.15, 0.2) is 5.79 Å². The fraction of sp³-hybridized carbons (Fsp3) is 0.923. The number of halogens is 1. The third kappa shape index (κ3) is 0.511. The molecule has 0 aromatic carbocycles. The van der Waals surface area contributed by atoms with Crippen molar-refractivity contribution >= 4 is 21.8 Å². The highest BCUT2D eigenvalue weighted by molar-refractivity contribution is 9.10. The molecule has 1 amide bonds. The van der Waals surface area contributed by atoms with Crippen LogP contribution in [0.25, 0.3) is 0 Å². The van der Waals surface area contributed by atoms with Crippen LogP contribution < -0.4 is 5.32 Å².